The van der Waals surface area contributed by atoms with E-state index in [1.165, 1.54) is 0 Å². The number of unbranched alkanes of at least 4 members (excludes halogenated alkanes) is 1. The highest BCUT2D eigenvalue weighted by Gasteiger charge is 2.58. The first-order valence-corrected chi connectivity index (χ1v) is 57.1. The topological polar surface area (TPSA) is 530 Å². The number of carbonyl (C=O) groups excluding carboxylic acids is 2. The lowest BCUT2D eigenvalue weighted by Crippen LogP contribution is -2.70. The molecular formula is C74H104N12O24S6Si3. The van der Waals surface area contributed by atoms with E-state index in [0.29, 0.717) is 121 Å². The molecule has 0 fully saturated rings. The highest BCUT2D eigenvalue weighted by atomic mass is 32.2. The van der Waals surface area contributed by atoms with Crippen molar-refractivity contribution in [2.75, 3.05) is 100.0 Å². The van der Waals surface area contributed by atoms with Crippen LogP contribution in [-0.4, -0.2) is 267 Å². The summed E-state index contributed by atoms with van der Waals surface area (Å²) in [5.41, 5.74) is 3.54. The van der Waals surface area contributed by atoms with Crippen molar-refractivity contribution in [3.8, 4) is 0 Å². The van der Waals surface area contributed by atoms with Crippen molar-refractivity contribution in [2.45, 2.75) is 141 Å². The summed E-state index contributed by atoms with van der Waals surface area (Å²) in [4.78, 5) is 72.9. The Morgan fingerprint density at radius 1 is 0.420 bits per heavy atom. The fourth-order valence-electron chi connectivity index (χ4n) is 16.3. The SMILES string of the molecule is C[Si](C)(CCCNC(=O)CCCCC(=O)O)O[Si]1(O[Si](C)(C)CCCNC(=O)C(CCC[N+](CCCS(=O)(=O)[O-])(CCCS(=O)(=O)[O-])CCCS(=O)(=O)O)CCC[N+](CCCS(=O)(=O)O)(CCCS(=O)(=O)O)CCCS(=O)(=O)O)n2c3c4ccccc4c2/N=C2N=C(/N=c4/c5ccccc5/c(n41)=N/C1=NC(=N\3)/c3ccccc31)c1ccccc1\2. The molecular weight excluding hydrogens is 1720 g/mol. The van der Waals surface area contributed by atoms with E-state index in [9.17, 15) is 92.5 Å². The molecule has 2 aromatic heterocycles. The molecule has 2 unspecified atom stereocenters. The van der Waals surface area contributed by atoms with Crippen LogP contribution in [0, 0.1) is 5.92 Å². The van der Waals surface area contributed by atoms with Gasteiger partial charge in [0.2, 0.25) is 11.8 Å². The molecule has 7 N–H and O–H groups in total. The number of carboxylic acid groups (broad SMARTS) is 1. The number of aliphatic carboxylic acids is 1. The van der Waals surface area contributed by atoms with Gasteiger partial charge in [-0.05, 0) is 89.6 Å². The molecule has 45 heteroatoms. The standard InChI is InChI=1S/C74H104N12O24S6Si3/c1-117(2,53-17-37-75-64(87)35-13-14-36-65(88)89)109-119(83-70-60-31-9-10-32-61(60)72(83)81-68-58-29-7-8-30-59(58)69(78-68)82-73-63-34-12-11-33-62(63)71(84(73)119)80-67-57-28-6-5-27-56(57)66(77-67)79-70)110-118(3,4)54-18-38-76-74(90)55(25-15-39-85(41-19-47-111(91,92)93,42-20-48-112(94,95)96)43-21-49-113(97,98)99)26-16-40-86(44-22-50-114(100,101)102,45-23-51-115(103,104)105)46-24-52-116(106,107)108/h5-12,27-34,55H,13-26,35-54H2,1-4H3,(H7-2,75,76,87,88,89,90,91,92,93,94,95,96,97,98,99,100,101,102,103,104,105,106,107,108)/b79-66-,79-70?,80-67?,80-71-,81-68-,81-72?,82-69?,82-73-. The van der Waals surface area contributed by atoms with E-state index >= 15 is 4.79 Å². The molecule has 4 aliphatic rings. The van der Waals surface area contributed by atoms with Gasteiger partial charge in [0.25, 0.3) is 40.5 Å². The van der Waals surface area contributed by atoms with Gasteiger partial charge in [-0.25, -0.2) is 46.8 Å². The Bertz CT molecular complexity index is 5310. The summed E-state index contributed by atoms with van der Waals surface area (Å²) >= 11 is 0. The molecule has 4 aliphatic heterocycles. The largest absolute Gasteiger partial charge is 0.748 e. The summed E-state index contributed by atoms with van der Waals surface area (Å²) in [6, 6.07) is 31.4. The van der Waals surface area contributed by atoms with Crippen molar-refractivity contribution in [1.29, 1.82) is 0 Å². The second kappa shape index (κ2) is 39.0. The third kappa shape index (κ3) is 26.6. The number of rotatable bonds is 50. The first kappa shape index (κ1) is 93.9. The van der Waals surface area contributed by atoms with Gasteiger partial charge in [-0.1, -0.05) is 97.1 Å². The van der Waals surface area contributed by atoms with Crippen LogP contribution in [0.2, 0.25) is 38.3 Å². The van der Waals surface area contributed by atoms with Crippen LogP contribution in [0.5, 0.6) is 0 Å². The number of nitrogens with zero attached hydrogens (tertiary/aromatic N) is 10. The number of nitrogens with one attached hydrogen (secondary N) is 2. The fraction of sp³-hybridized carbons (Fsp3) is 0.527. The zero-order valence-corrected chi connectivity index (χ0v) is 74.7. The first-order chi connectivity index (χ1) is 55.7. The van der Waals surface area contributed by atoms with Gasteiger partial charge in [0, 0.05) is 126 Å². The smallest absolute Gasteiger partial charge is 0.582 e. The van der Waals surface area contributed by atoms with Gasteiger partial charge in [-0.15, -0.1) is 0 Å². The maximum absolute atomic E-state index is 15.4. The maximum atomic E-state index is 15.4. The number of hydrogen-bond donors (Lipinski definition) is 7. The van der Waals surface area contributed by atoms with Gasteiger partial charge in [0.05, 0.1) is 95.6 Å². The number of amides is 2. The molecule has 10 rings (SSSR count). The van der Waals surface area contributed by atoms with Crippen molar-refractivity contribution in [3.63, 3.8) is 0 Å². The molecule has 0 saturated carbocycles. The Morgan fingerprint density at radius 3 is 1.09 bits per heavy atom. The van der Waals surface area contributed by atoms with Crippen molar-refractivity contribution in [3.05, 3.63) is 130 Å². The molecule has 4 aromatic carbocycles. The number of carbonyl (C=O) groups is 3. The molecule has 2 atom stereocenters. The van der Waals surface area contributed by atoms with Crippen LogP contribution in [0.25, 0.3) is 21.5 Å². The summed E-state index contributed by atoms with van der Waals surface area (Å²) < 4.78 is 229. The van der Waals surface area contributed by atoms with Gasteiger partial charge < -0.3 is 42.0 Å². The van der Waals surface area contributed by atoms with E-state index < -0.39 is 139 Å². The molecule has 6 bridgehead atoms. The molecule has 119 heavy (non-hydrogen) atoms. The Balaban J connectivity index is 1.07. The number of quaternary nitrogens is 2. The highest BCUT2D eigenvalue weighted by molar-refractivity contribution is 7.86. The molecule has 6 heterocycles. The minimum absolute atomic E-state index is 0.00114. The number of amidine groups is 4. The normalized spacial score (nSPS) is 17.5. The Morgan fingerprint density at radius 2 is 0.739 bits per heavy atom. The van der Waals surface area contributed by atoms with Crippen molar-refractivity contribution >= 4 is 161 Å². The molecule has 0 aliphatic carbocycles. The van der Waals surface area contributed by atoms with Crippen LogP contribution in [0.15, 0.2) is 127 Å². The molecule has 0 spiro atoms. The number of aromatic nitrogens is 2. The van der Waals surface area contributed by atoms with Crippen LogP contribution < -0.4 is 21.6 Å². The highest BCUT2D eigenvalue weighted by Crippen LogP contribution is 2.46. The van der Waals surface area contributed by atoms with Crippen LogP contribution >= 0.6 is 0 Å². The number of carboxylic acids is 1. The van der Waals surface area contributed by atoms with Gasteiger partial charge in [0.1, 0.15) is 22.6 Å². The summed E-state index contributed by atoms with van der Waals surface area (Å²) in [5.74, 6) is -5.32. The maximum Gasteiger partial charge on any atom is 0.582 e. The van der Waals surface area contributed by atoms with Crippen LogP contribution in [0.3, 0.4) is 0 Å². The Labute approximate surface area is 696 Å². The minimum Gasteiger partial charge on any atom is -0.748 e. The zero-order valence-electron chi connectivity index (χ0n) is 66.8. The van der Waals surface area contributed by atoms with Gasteiger partial charge in [0.15, 0.2) is 40.0 Å². The van der Waals surface area contributed by atoms with E-state index in [4.69, 9.17) is 38.2 Å². The summed E-state index contributed by atoms with van der Waals surface area (Å²) in [5, 5.41) is 18.0. The fourth-order valence-corrected chi connectivity index (χ4v) is 31.8. The van der Waals surface area contributed by atoms with Crippen molar-refractivity contribution in [2.24, 2.45) is 35.9 Å². The lowest BCUT2D eigenvalue weighted by atomic mass is 9.95. The number of hydrogen-bond acceptors (Lipinski definition) is 25. The monoisotopic (exact) mass is 1820 g/mol. The quantitative estimate of drug-likeness (QED) is 0.00958. The summed E-state index contributed by atoms with van der Waals surface area (Å²) in [7, 11) is -39.7. The van der Waals surface area contributed by atoms with Gasteiger partial charge in [-0.2, -0.15) is 33.7 Å². The van der Waals surface area contributed by atoms with Crippen LogP contribution in [-0.2, 0) is 83.3 Å². The summed E-state index contributed by atoms with van der Waals surface area (Å²) in [6.45, 7) is 7.69. The third-order valence-corrected chi connectivity index (χ3v) is 38.1. The van der Waals surface area contributed by atoms with Crippen LogP contribution in [0.4, 0.5) is 11.6 Å². The predicted octanol–water partition coefficient (Wildman–Crippen LogP) is 6.26. The van der Waals surface area contributed by atoms with E-state index in [1.807, 2.05) is 119 Å². The minimum atomic E-state index is -4.90. The Kier molecular flexibility index (Phi) is 30.8. The van der Waals surface area contributed by atoms with E-state index in [0.717, 1.165) is 0 Å². The average Bonchev–Trinajstić information content (AvgIpc) is 1.53. The number of benzene rings is 4. The molecule has 36 nitrogen and oxygen atoms in total. The number of fused-ring (bicyclic) bond motifs is 14. The van der Waals surface area contributed by atoms with Crippen LogP contribution in [0.1, 0.15) is 125 Å². The van der Waals surface area contributed by atoms with Crippen molar-refractivity contribution in [1.82, 2.24) is 19.1 Å². The first-order valence-electron chi connectivity index (χ1n) is 39.5. The van der Waals surface area contributed by atoms with E-state index in [-0.39, 0.29) is 164 Å². The Hall–Kier alpha value is -7.40. The second-order valence-corrected chi connectivity index (χ2v) is 53.1. The second-order valence-electron chi connectivity index (χ2n) is 32.1. The summed E-state index contributed by atoms with van der Waals surface area (Å²) in [6.07, 6.45) is 0.0926. The zero-order chi connectivity index (χ0) is 86.6. The van der Waals surface area contributed by atoms with Crippen molar-refractivity contribution < 1.29 is 115 Å². The van der Waals surface area contributed by atoms with Gasteiger partial charge >= 0.3 is 14.9 Å². The molecule has 652 valence electrons. The molecule has 0 saturated heterocycles. The molecule has 0 radical (unpaired) electrons. The average molecular weight is 1820 g/mol. The lowest BCUT2D eigenvalue weighted by molar-refractivity contribution is -0.928. The van der Waals surface area contributed by atoms with Gasteiger partial charge in [-0.3, -0.25) is 41.1 Å². The predicted molar refractivity (Wildman–Crippen MR) is 453 cm³/mol. The molecule has 2 amide bonds. The van der Waals surface area contributed by atoms with E-state index in [1.54, 1.807) is 0 Å². The van der Waals surface area contributed by atoms with E-state index in [2.05, 4.69) is 23.7 Å². The third-order valence-electron chi connectivity index (χ3n) is 21.6. The lowest BCUT2D eigenvalue weighted by Gasteiger charge is -2.43. The number of aliphatic imine (C=N–C) groups is 4. The molecule has 6 aromatic rings.